The molecule has 0 aromatic heterocycles. The molecule has 5 atom stereocenters. The summed E-state index contributed by atoms with van der Waals surface area (Å²) in [6.07, 6.45) is -2.62. The van der Waals surface area contributed by atoms with Gasteiger partial charge in [0.1, 0.15) is 12.1 Å². The first-order chi connectivity index (χ1) is 15.1. The number of nitrogens with two attached hydrogens (primary N) is 2. The number of aliphatic hydroxyl groups excluding tert-OH is 1. The number of hydrogen-bond acceptors (Lipinski definition) is 8. The van der Waals surface area contributed by atoms with Crippen molar-refractivity contribution in [2.45, 2.75) is 76.7 Å². The summed E-state index contributed by atoms with van der Waals surface area (Å²) in [6, 6.07) is -5.70. The molecule has 0 heterocycles. The Bertz CT molecular complexity index is 741. The maximum atomic E-state index is 12.8. The molecule has 0 aromatic carbocycles. The molecule has 0 saturated carbocycles. The SMILES string of the molecule is CC(C)CC(NC(=O)C(N)CC(=O)O)C(=O)NC(CCC(N)=O)C(=O)NC(C(=O)O)C(C)O. The highest BCUT2D eigenvalue weighted by atomic mass is 16.4. The maximum absolute atomic E-state index is 12.8. The first-order valence-electron chi connectivity index (χ1n) is 10.2. The van der Waals surface area contributed by atoms with Crippen molar-refractivity contribution in [3.05, 3.63) is 0 Å². The zero-order valence-electron chi connectivity index (χ0n) is 18.7. The molecule has 10 N–H and O–H groups in total. The Kier molecular flexibility index (Phi) is 12.6. The summed E-state index contributed by atoms with van der Waals surface area (Å²) in [5.41, 5.74) is 10.6. The van der Waals surface area contributed by atoms with Crippen molar-refractivity contribution in [1.82, 2.24) is 16.0 Å². The van der Waals surface area contributed by atoms with E-state index in [1.807, 2.05) is 0 Å². The van der Waals surface area contributed by atoms with Crippen LogP contribution in [0.15, 0.2) is 0 Å². The Labute approximate surface area is 190 Å². The maximum Gasteiger partial charge on any atom is 0.328 e. The molecule has 14 heteroatoms. The molecule has 4 amide bonds. The second-order valence-corrected chi connectivity index (χ2v) is 8.03. The number of hydrogen-bond donors (Lipinski definition) is 8. The van der Waals surface area contributed by atoms with Crippen molar-refractivity contribution < 1.29 is 44.1 Å². The number of primary amides is 1. The van der Waals surface area contributed by atoms with E-state index in [4.69, 9.17) is 21.7 Å². The predicted octanol–water partition coefficient (Wildman–Crippen LogP) is -2.98. The zero-order chi connectivity index (χ0) is 25.9. The van der Waals surface area contributed by atoms with Crippen LogP contribution in [0, 0.1) is 5.92 Å². The molecule has 0 aliphatic rings. The van der Waals surface area contributed by atoms with Gasteiger partial charge in [0.15, 0.2) is 6.04 Å². The van der Waals surface area contributed by atoms with Crippen LogP contribution in [0.4, 0.5) is 0 Å². The van der Waals surface area contributed by atoms with Crippen LogP contribution in [-0.4, -0.2) is 81.2 Å². The fraction of sp³-hybridized carbons (Fsp3) is 0.684. The Balaban J connectivity index is 5.58. The molecule has 0 bridgehead atoms. The lowest BCUT2D eigenvalue weighted by Gasteiger charge is -2.26. The van der Waals surface area contributed by atoms with Crippen LogP contribution in [0.25, 0.3) is 0 Å². The van der Waals surface area contributed by atoms with Crippen molar-refractivity contribution in [2.24, 2.45) is 17.4 Å². The van der Waals surface area contributed by atoms with Crippen molar-refractivity contribution in [2.75, 3.05) is 0 Å². The van der Waals surface area contributed by atoms with Crippen molar-refractivity contribution in [3.8, 4) is 0 Å². The van der Waals surface area contributed by atoms with E-state index < -0.39 is 72.3 Å². The standard InChI is InChI=1S/C19H33N5O9/c1-8(2)6-12(23-16(29)10(20)7-14(27)28)18(31)22-11(4-5-13(21)26)17(30)24-15(9(3)25)19(32)33/h8-12,15,25H,4-7,20H2,1-3H3,(H2,21,26)(H,22,31)(H,23,29)(H,24,30)(H,27,28)(H,32,33). The highest BCUT2D eigenvalue weighted by molar-refractivity contribution is 5.95. The number of nitrogens with one attached hydrogen (secondary N) is 3. The molecule has 0 radical (unpaired) electrons. The van der Waals surface area contributed by atoms with Crippen molar-refractivity contribution in [1.29, 1.82) is 0 Å². The van der Waals surface area contributed by atoms with Crippen LogP contribution in [0.1, 0.15) is 46.5 Å². The van der Waals surface area contributed by atoms with Gasteiger partial charge in [-0.05, 0) is 25.7 Å². The number of rotatable bonds is 15. The van der Waals surface area contributed by atoms with Crippen LogP contribution in [0.2, 0.25) is 0 Å². The average Bonchev–Trinajstić information content (AvgIpc) is 2.66. The van der Waals surface area contributed by atoms with Gasteiger partial charge >= 0.3 is 11.9 Å². The number of carbonyl (C=O) groups is 6. The number of amides is 4. The van der Waals surface area contributed by atoms with Crippen LogP contribution < -0.4 is 27.4 Å². The summed E-state index contributed by atoms with van der Waals surface area (Å²) < 4.78 is 0. The molecule has 0 spiro atoms. The van der Waals surface area contributed by atoms with E-state index in [0.717, 1.165) is 6.92 Å². The molecular formula is C19H33N5O9. The topological polar surface area (TPSA) is 251 Å². The third-order valence-electron chi connectivity index (χ3n) is 4.43. The van der Waals surface area contributed by atoms with E-state index in [9.17, 15) is 33.9 Å². The lowest BCUT2D eigenvalue weighted by Crippen LogP contribution is -2.58. The van der Waals surface area contributed by atoms with E-state index in [0.29, 0.717) is 0 Å². The van der Waals surface area contributed by atoms with Crippen molar-refractivity contribution in [3.63, 3.8) is 0 Å². The van der Waals surface area contributed by atoms with Gasteiger partial charge in [-0.15, -0.1) is 0 Å². The molecule has 0 saturated heterocycles. The lowest BCUT2D eigenvalue weighted by atomic mass is 10.0. The number of carboxylic acids is 2. The quantitative estimate of drug-likeness (QED) is 0.119. The normalized spacial score (nSPS) is 15.5. The van der Waals surface area contributed by atoms with Gasteiger partial charge in [-0.25, -0.2) is 4.79 Å². The average molecular weight is 475 g/mol. The summed E-state index contributed by atoms with van der Waals surface area (Å²) in [5, 5.41) is 34.2. The molecule has 188 valence electrons. The lowest BCUT2D eigenvalue weighted by molar-refractivity contribution is -0.145. The van der Waals surface area contributed by atoms with Crippen LogP contribution in [-0.2, 0) is 28.8 Å². The smallest absolute Gasteiger partial charge is 0.328 e. The van der Waals surface area contributed by atoms with Crippen LogP contribution in [0.5, 0.6) is 0 Å². The molecule has 33 heavy (non-hydrogen) atoms. The predicted molar refractivity (Wildman–Crippen MR) is 113 cm³/mol. The summed E-state index contributed by atoms with van der Waals surface area (Å²) >= 11 is 0. The summed E-state index contributed by atoms with van der Waals surface area (Å²) in [4.78, 5) is 70.8. The van der Waals surface area contributed by atoms with E-state index in [1.54, 1.807) is 13.8 Å². The van der Waals surface area contributed by atoms with Gasteiger partial charge < -0.3 is 42.7 Å². The molecule has 0 rings (SSSR count). The Morgan fingerprint density at radius 3 is 1.79 bits per heavy atom. The number of aliphatic hydroxyl groups is 1. The van der Waals surface area contributed by atoms with Gasteiger partial charge in [-0.1, -0.05) is 13.8 Å². The fourth-order valence-electron chi connectivity index (χ4n) is 2.73. The molecular weight excluding hydrogens is 442 g/mol. The third kappa shape index (κ3) is 11.8. The van der Waals surface area contributed by atoms with Crippen LogP contribution in [0.3, 0.4) is 0 Å². The van der Waals surface area contributed by atoms with Gasteiger partial charge in [0.2, 0.25) is 23.6 Å². The van der Waals surface area contributed by atoms with Crippen LogP contribution >= 0.6 is 0 Å². The monoisotopic (exact) mass is 475 g/mol. The highest BCUT2D eigenvalue weighted by Gasteiger charge is 2.32. The molecule has 0 aliphatic heterocycles. The minimum absolute atomic E-state index is 0.104. The van der Waals surface area contributed by atoms with E-state index in [2.05, 4.69) is 16.0 Å². The highest BCUT2D eigenvalue weighted by Crippen LogP contribution is 2.08. The Morgan fingerprint density at radius 2 is 1.36 bits per heavy atom. The van der Waals surface area contributed by atoms with E-state index in [1.165, 1.54) is 0 Å². The van der Waals surface area contributed by atoms with E-state index in [-0.39, 0.29) is 25.2 Å². The Morgan fingerprint density at radius 1 is 0.848 bits per heavy atom. The summed E-state index contributed by atoms with van der Waals surface area (Å²) in [7, 11) is 0. The molecule has 0 aliphatic carbocycles. The van der Waals surface area contributed by atoms with Gasteiger partial charge in [0.05, 0.1) is 18.6 Å². The van der Waals surface area contributed by atoms with Gasteiger partial charge in [-0.3, -0.25) is 24.0 Å². The molecule has 14 nitrogen and oxygen atoms in total. The molecule has 5 unspecified atom stereocenters. The minimum atomic E-state index is -1.68. The van der Waals surface area contributed by atoms with Crippen molar-refractivity contribution >= 4 is 35.6 Å². The number of aliphatic carboxylic acids is 2. The summed E-state index contributed by atoms with van der Waals surface area (Å²) in [5.74, 6) is -6.44. The fourth-order valence-corrected chi connectivity index (χ4v) is 2.73. The largest absolute Gasteiger partial charge is 0.481 e. The Hall–Kier alpha value is -3.26. The number of carbonyl (C=O) groups excluding carboxylic acids is 4. The second kappa shape index (κ2) is 14.0. The molecule has 0 aromatic rings. The van der Waals surface area contributed by atoms with E-state index >= 15 is 0 Å². The van der Waals surface area contributed by atoms with Gasteiger partial charge in [-0.2, -0.15) is 0 Å². The first-order valence-corrected chi connectivity index (χ1v) is 10.2. The second-order valence-electron chi connectivity index (χ2n) is 8.03. The molecule has 0 fully saturated rings. The third-order valence-corrected chi connectivity index (χ3v) is 4.43. The summed E-state index contributed by atoms with van der Waals surface area (Å²) in [6.45, 7) is 4.65. The number of carboxylic acid groups (broad SMARTS) is 2. The van der Waals surface area contributed by atoms with Gasteiger partial charge in [0, 0.05) is 6.42 Å². The zero-order valence-corrected chi connectivity index (χ0v) is 18.7. The minimum Gasteiger partial charge on any atom is -0.481 e. The first kappa shape index (κ1) is 29.7. The van der Waals surface area contributed by atoms with Gasteiger partial charge in [0.25, 0.3) is 0 Å².